The molecule has 82 valence electrons. The van der Waals surface area contributed by atoms with Gasteiger partial charge in [-0.05, 0) is 6.92 Å². The van der Waals surface area contributed by atoms with Gasteiger partial charge < -0.3 is 18.4 Å². The van der Waals surface area contributed by atoms with Crippen molar-refractivity contribution in [3.63, 3.8) is 0 Å². The molecule has 5 heteroatoms. The van der Waals surface area contributed by atoms with Crippen molar-refractivity contribution < 1.29 is 18.4 Å². The van der Waals surface area contributed by atoms with Gasteiger partial charge in [0, 0.05) is 34.0 Å². The minimum atomic E-state index is -2.22. The average Bonchev–Trinajstić information content (AvgIpc) is 2.16. The zero-order chi connectivity index (χ0) is 10.7. The Balaban J connectivity index is 0. The van der Waals surface area contributed by atoms with Gasteiger partial charge in [-0.1, -0.05) is 13.3 Å². The van der Waals surface area contributed by atoms with Gasteiger partial charge in [0.15, 0.2) is 0 Å². The molecule has 0 aromatic rings. The maximum Gasteiger partial charge on any atom is 0.500 e. The molecule has 0 aliphatic carbocycles. The largest absolute Gasteiger partial charge is 0.500 e. The predicted octanol–water partition coefficient (Wildman–Crippen LogP) is 1.27. The lowest BCUT2D eigenvalue weighted by molar-refractivity contribution is 0.123. The zero-order valence-corrected chi connectivity index (χ0v) is 10.3. The Morgan fingerprint density at radius 2 is 1.31 bits per heavy atom. The zero-order valence-electron chi connectivity index (χ0n) is 9.29. The van der Waals surface area contributed by atoms with Gasteiger partial charge in [0.05, 0.1) is 0 Å². The van der Waals surface area contributed by atoms with Crippen molar-refractivity contribution >= 4 is 8.80 Å². The van der Waals surface area contributed by atoms with Crippen LogP contribution in [-0.2, 0) is 13.3 Å². The molecule has 0 heterocycles. The first-order chi connectivity index (χ1) is 6.16. The van der Waals surface area contributed by atoms with Crippen molar-refractivity contribution in [2.75, 3.05) is 27.9 Å². The minimum Gasteiger partial charge on any atom is -0.397 e. The van der Waals surface area contributed by atoms with E-state index in [9.17, 15) is 0 Å². The van der Waals surface area contributed by atoms with Crippen molar-refractivity contribution in [1.29, 1.82) is 0 Å². The van der Waals surface area contributed by atoms with Gasteiger partial charge in [-0.3, -0.25) is 0 Å². The molecule has 0 saturated carbocycles. The van der Waals surface area contributed by atoms with Crippen LogP contribution in [0.1, 0.15) is 20.3 Å². The van der Waals surface area contributed by atoms with E-state index in [4.69, 9.17) is 18.4 Å². The Kier molecular flexibility index (Phi) is 12.1. The van der Waals surface area contributed by atoms with E-state index in [1.54, 1.807) is 28.3 Å². The highest BCUT2D eigenvalue weighted by molar-refractivity contribution is 6.60. The summed E-state index contributed by atoms with van der Waals surface area (Å²) < 4.78 is 15.5. The quantitative estimate of drug-likeness (QED) is 0.694. The Morgan fingerprint density at radius 3 is 1.38 bits per heavy atom. The standard InChI is InChI=1S/C6H16O3Si.C2H6O/c1-5-6-10(7-2,8-3)9-4;1-2-3/h5-6H2,1-4H3;3H,2H2,1H3. The highest BCUT2D eigenvalue weighted by Crippen LogP contribution is 2.13. The lowest BCUT2D eigenvalue weighted by atomic mass is 10.6. The summed E-state index contributed by atoms with van der Waals surface area (Å²) in [6, 6.07) is 0.885. The Bertz CT molecular complexity index is 87.9. The van der Waals surface area contributed by atoms with Crippen LogP contribution in [0, 0.1) is 0 Å². The van der Waals surface area contributed by atoms with E-state index in [1.165, 1.54) is 0 Å². The highest BCUT2D eigenvalue weighted by atomic mass is 28.4. The molecule has 0 saturated heterocycles. The van der Waals surface area contributed by atoms with E-state index >= 15 is 0 Å². The molecule has 0 radical (unpaired) electrons. The van der Waals surface area contributed by atoms with Crippen molar-refractivity contribution in [2.24, 2.45) is 0 Å². The fourth-order valence-electron chi connectivity index (χ4n) is 0.862. The molecule has 0 unspecified atom stereocenters. The molecule has 0 atom stereocenters. The minimum absolute atomic E-state index is 0.250. The van der Waals surface area contributed by atoms with Crippen LogP contribution in [0.5, 0.6) is 0 Å². The summed E-state index contributed by atoms with van der Waals surface area (Å²) in [6.07, 6.45) is 1.03. The molecular formula is C8H22O4Si. The summed E-state index contributed by atoms with van der Waals surface area (Å²) in [6.45, 7) is 4.01. The Labute approximate surface area is 82.2 Å². The first-order valence-corrected chi connectivity index (χ1v) is 6.35. The van der Waals surface area contributed by atoms with Gasteiger partial charge in [-0.25, -0.2) is 0 Å². The predicted molar refractivity (Wildman–Crippen MR) is 54.6 cm³/mol. The fourth-order valence-corrected chi connectivity index (χ4v) is 2.59. The molecule has 4 nitrogen and oxygen atoms in total. The Hall–Kier alpha value is 0.0569. The lowest BCUT2D eigenvalue weighted by Crippen LogP contribution is -2.42. The summed E-state index contributed by atoms with van der Waals surface area (Å²) in [7, 11) is 2.68. The van der Waals surface area contributed by atoms with Crippen LogP contribution in [0.2, 0.25) is 6.04 Å². The molecule has 0 aliphatic rings. The normalized spacial score (nSPS) is 10.6. The van der Waals surface area contributed by atoms with E-state index in [0.29, 0.717) is 0 Å². The molecule has 13 heavy (non-hydrogen) atoms. The van der Waals surface area contributed by atoms with Gasteiger partial charge in [0.1, 0.15) is 0 Å². The van der Waals surface area contributed by atoms with Crippen molar-refractivity contribution in [2.45, 2.75) is 26.3 Å². The second-order valence-electron chi connectivity index (χ2n) is 2.36. The van der Waals surface area contributed by atoms with Crippen LogP contribution in [0.25, 0.3) is 0 Å². The van der Waals surface area contributed by atoms with E-state index in [-0.39, 0.29) is 6.61 Å². The van der Waals surface area contributed by atoms with Crippen LogP contribution < -0.4 is 0 Å². The average molecular weight is 210 g/mol. The second kappa shape index (κ2) is 10.1. The number of hydrogen-bond acceptors (Lipinski definition) is 4. The third-order valence-corrected chi connectivity index (χ3v) is 4.47. The van der Waals surface area contributed by atoms with Crippen LogP contribution in [0.3, 0.4) is 0 Å². The molecule has 0 aromatic heterocycles. The van der Waals surface area contributed by atoms with E-state index in [1.807, 2.05) is 0 Å². The van der Waals surface area contributed by atoms with Crippen molar-refractivity contribution in [1.82, 2.24) is 0 Å². The smallest absolute Gasteiger partial charge is 0.397 e. The van der Waals surface area contributed by atoms with Crippen LogP contribution in [0.4, 0.5) is 0 Å². The molecular weight excluding hydrogens is 188 g/mol. The number of aliphatic hydroxyl groups excluding tert-OH is 1. The van der Waals surface area contributed by atoms with Gasteiger partial charge in [0.2, 0.25) is 0 Å². The first-order valence-electron chi connectivity index (χ1n) is 4.42. The Morgan fingerprint density at radius 1 is 1.00 bits per heavy atom. The van der Waals surface area contributed by atoms with Crippen molar-refractivity contribution in [3.8, 4) is 0 Å². The molecule has 0 fully saturated rings. The van der Waals surface area contributed by atoms with Crippen LogP contribution >= 0.6 is 0 Å². The molecule has 0 amide bonds. The third-order valence-electron chi connectivity index (χ3n) is 1.49. The maximum absolute atomic E-state index is 7.57. The number of hydrogen-bond donors (Lipinski definition) is 1. The summed E-state index contributed by atoms with van der Waals surface area (Å²) in [4.78, 5) is 0. The van der Waals surface area contributed by atoms with E-state index in [2.05, 4.69) is 6.92 Å². The van der Waals surface area contributed by atoms with Crippen molar-refractivity contribution in [3.05, 3.63) is 0 Å². The molecule has 0 spiro atoms. The molecule has 1 N–H and O–H groups in total. The summed E-state index contributed by atoms with van der Waals surface area (Å²) in [5.74, 6) is 0. The topological polar surface area (TPSA) is 47.9 Å². The summed E-state index contributed by atoms with van der Waals surface area (Å²) >= 11 is 0. The molecule has 0 aromatic carbocycles. The van der Waals surface area contributed by atoms with Gasteiger partial charge >= 0.3 is 8.80 Å². The second-order valence-corrected chi connectivity index (χ2v) is 5.45. The van der Waals surface area contributed by atoms with Gasteiger partial charge in [-0.2, -0.15) is 0 Å². The fraction of sp³-hybridized carbons (Fsp3) is 1.00. The third kappa shape index (κ3) is 7.15. The SMILES string of the molecule is CCC[Si](OC)(OC)OC.CCO. The lowest BCUT2D eigenvalue weighted by Gasteiger charge is -2.23. The van der Waals surface area contributed by atoms with Crippen LogP contribution in [-0.4, -0.2) is 41.8 Å². The maximum atomic E-state index is 7.57. The van der Waals surface area contributed by atoms with Gasteiger partial charge in [0.25, 0.3) is 0 Å². The highest BCUT2D eigenvalue weighted by Gasteiger charge is 2.36. The van der Waals surface area contributed by atoms with E-state index < -0.39 is 8.80 Å². The summed E-state index contributed by atoms with van der Waals surface area (Å²) in [5.41, 5.74) is 0. The number of rotatable bonds is 5. The molecule has 0 rings (SSSR count). The monoisotopic (exact) mass is 210 g/mol. The first kappa shape index (κ1) is 15.5. The molecule has 0 bridgehead atoms. The molecule has 0 aliphatic heterocycles. The van der Waals surface area contributed by atoms with E-state index in [0.717, 1.165) is 12.5 Å². The number of aliphatic hydroxyl groups is 1. The van der Waals surface area contributed by atoms with Crippen LogP contribution in [0.15, 0.2) is 0 Å². The van der Waals surface area contributed by atoms with Gasteiger partial charge in [-0.15, -0.1) is 0 Å². The summed E-state index contributed by atoms with van der Waals surface area (Å²) in [5, 5.41) is 7.57.